The molecule has 3 aromatic carbocycles. The first kappa shape index (κ1) is 28.7. The molecule has 0 heterocycles. The third-order valence-electron chi connectivity index (χ3n) is 5.72. The van der Waals surface area contributed by atoms with Crippen LogP contribution in [-0.2, 0) is 4.74 Å². The van der Waals surface area contributed by atoms with Gasteiger partial charge in [-0.05, 0) is 50.2 Å². The van der Waals surface area contributed by atoms with Crippen LogP contribution in [0, 0.1) is 12.5 Å². The summed E-state index contributed by atoms with van der Waals surface area (Å²) in [7, 11) is 3.08. The fourth-order valence-corrected chi connectivity index (χ4v) is 3.85. The van der Waals surface area contributed by atoms with Crippen LogP contribution in [0.5, 0.6) is 23.0 Å². The maximum absolute atomic E-state index is 12.4. The minimum atomic E-state index is -0.579. The average Bonchev–Trinajstić information content (AvgIpc) is 2.93. The van der Waals surface area contributed by atoms with E-state index in [2.05, 4.69) is 16.4 Å². The fourth-order valence-electron chi connectivity index (χ4n) is 3.85. The van der Waals surface area contributed by atoms with Gasteiger partial charge in [0.2, 0.25) is 0 Å². The molecule has 1 amide bonds. The average molecular weight is 532 g/mol. The zero-order valence-electron chi connectivity index (χ0n) is 22.5. The summed E-state index contributed by atoms with van der Waals surface area (Å²) >= 11 is 0. The Labute approximate surface area is 228 Å². The van der Waals surface area contributed by atoms with Crippen LogP contribution in [0.3, 0.4) is 0 Å². The lowest BCUT2D eigenvalue weighted by Crippen LogP contribution is -2.16. The van der Waals surface area contributed by atoms with Gasteiger partial charge in [-0.15, -0.1) is 0 Å². The quantitative estimate of drug-likeness (QED) is 0.171. The minimum absolute atomic E-state index is 0.292. The van der Waals surface area contributed by atoms with Gasteiger partial charge >= 0.3 is 6.09 Å². The van der Waals surface area contributed by atoms with Gasteiger partial charge in [-0.25, -0.2) is 9.79 Å². The molecule has 0 fully saturated rings. The molecular formula is C30H33N3O6. The van der Waals surface area contributed by atoms with E-state index in [1.54, 1.807) is 50.4 Å². The molecule has 9 nitrogen and oxygen atoms in total. The van der Waals surface area contributed by atoms with Crippen molar-refractivity contribution in [2.75, 3.05) is 38.5 Å². The molecular weight excluding hydrogens is 498 g/mol. The van der Waals surface area contributed by atoms with Crippen LogP contribution in [0.15, 0.2) is 65.7 Å². The molecule has 0 aliphatic heterocycles. The lowest BCUT2D eigenvalue weighted by molar-refractivity contribution is 0.119. The van der Waals surface area contributed by atoms with Crippen LogP contribution in [-0.4, -0.2) is 39.2 Å². The lowest BCUT2D eigenvalue weighted by atomic mass is 10.0. The van der Waals surface area contributed by atoms with E-state index < -0.39 is 12.2 Å². The first-order valence-corrected chi connectivity index (χ1v) is 12.4. The number of amides is 1. The van der Waals surface area contributed by atoms with Crippen LogP contribution in [0.4, 0.5) is 16.2 Å². The van der Waals surface area contributed by atoms with Crippen molar-refractivity contribution in [1.29, 1.82) is 0 Å². The summed E-state index contributed by atoms with van der Waals surface area (Å²) in [6.07, 6.45) is 4.77. The largest absolute Gasteiger partial charge is 0.493 e. The number of carbonyl (C=O) groups excluding carboxylic acids is 1. The number of anilines is 2. The van der Waals surface area contributed by atoms with Gasteiger partial charge in [0.05, 0.1) is 33.1 Å². The summed E-state index contributed by atoms with van der Waals surface area (Å²) in [5.74, 6) is 2.32. The molecule has 39 heavy (non-hydrogen) atoms. The van der Waals surface area contributed by atoms with E-state index >= 15 is 0 Å². The van der Waals surface area contributed by atoms with E-state index in [-0.39, 0.29) is 0 Å². The van der Waals surface area contributed by atoms with Gasteiger partial charge in [0.25, 0.3) is 0 Å². The van der Waals surface area contributed by atoms with Crippen LogP contribution < -0.4 is 30.0 Å². The molecule has 9 heteroatoms. The summed E-state index contributed by atoms with van der Waals surface area (Å²) in [5.41, 5.74) is 9.23. The molecule has 3 rings (SSSR count). The molecule has 0 saturated carbocycles. The number of terminal acetylenes is 1. The van der Waals surface area contributed by atoms with Gasteiger partial charge in [0.1, 0.15) is 17.6 Å². The Kier molecular flexibility index (Phi) is 10.5. The Balaban J connectivity index is 1.56. The third-order valence-corrected chi connectivity index (χ3v) is 5.72. The predicted octanol–water partition coefficient (Wildman–Crippen LogP) is 5.84. The van der Waals surface area contributed by atoms with Crippen molar-refractivity contribution in [3.8, 4) is 35.5 Å². The maximum Gasteiger partial charge on any atom is 0.412 e. The van der Waals surface area contributed by atoms with E-state index in [1.165, 1.54) is 7.11 Å². The van der Waals surface area contributed by atoms with Crippen molar-refractivity contribution in [3.05, 3.63) is 71.8 Å². The zero-order valence-corrected chi connectivity index (χ0v) is 22.5. The molecule has 3 aromatic rings. The number of nitrogens with one attached hydrogen (secondary N) is 1. The smallest absolute Gasteiger partial charge is 0.412 e. The highest BCUT2D eigenvalue weighted by Gasteiger charge is 2.17. The first-order chi connectivity index (χ1) is 18.9. The third kappa shape index (κ3) is 7.82. The molecule has 0 spiro atoms. The van der Waals surface area contributed by atoms with E-state index in [9.17, 15) is 4.79 Å². The molecule has 1 atom stereocenters. The van der Waals surface area contributed by atoms with Crippen LogP contribution in [0.1, 0.15) is 37.5 Å². The molecule has 204 valence electrons. The number of nitrogens with two attached hydrogens (primary N) is 1. The molecule has 1 unspecified atom stereocenters. The number of carbonyl (C=O) groups is 1. The van der Waals surface area contributed by atoms with Crippen molar-refractivity contribution in [3.63, 3.8) is 0 Å². The van der Waals surface area contributed by atoms with Crippen LogP contribution in [0.25, 0.3) is 0 Å². The standard InChI is InChI=1S/C30H33N3O6/c1-6-32-26(24-18-28(35-4)29(36-5)19-25(24)31)16-17-38-22-14-12-21(13-15-22)33-30(34)39-20(3)23-10-8-9-11-27(23)37-7-2/h1,8-15,18-20H,7,16-17,31H2,2-5H3,(H,33,34). The second-order valence-electron chi connectivity index (χ2n) is 8.25. The minimum Gasteiger partial charge on any atom is -0.493 e. The maximum atomic E-state index is 12.4. The highest BCUT2D eigenvalue weighted by atomic mass is 16.6. The number of nitrogens with zero attached hydrogens (tertiary/aromatic N) is 1. The Morgan fingerprint density at radius 2 is 1.72 bits per heavy atom. The second kappa shape index (κ2) is 14.2. The number of benzene rings is 3. The summed E-state index contributed by atoms with van der Waals surface area (Å²) in [6.45, 7) is 4.51. The monoisotopic (exact) mass is 531 g/mol. The predicted molar refractivity (Wildman–Crippen MR) is 152 cm³/mol. The Bertz CT molecular complexity index is 1330. The van der Waals surface area contributed by atoms with Crippen molar-refractivity contribution in [2.45, 2.75) is 26.4 Å². The first-order valence-electron chi connectivity index (χ1n) is 12.4. The number of methoxy groups -OCH3 is 2. The highest BCUT2D eigenvalue weighted by molar-refractivity contribution is 6.06. The van der Waals surface area contributed by atoms with E-state index in [4.69, 9.17) is 35.8 Å². The highest BCUT2D eigenvalue weighted by Crippen LogP contribution is 2.33. The van der Waals surface area contributed by atoms with E-state index in [0.717, 1.165) is 5.56 Å². The SMILES string of the molecule is C#CN=C(CCOc1ccc(NC(=O)OC(C)c2ccccc2OCC)cc1)c1cc(OC)c(OC)cc1N. The molecule has 0 saturated heterocycles. The van der Waals surface area contributed by atoms with Crippen molar-refractivity contribution in [1.82, 2.24) is 0 Å². The van der Waals surface area contributed by atoms with Gasteiger partial charge in [-0.1, -0.05) is 24.6 Å². The van der Waals surface area contributed by atoms with Crippen molar-refractivity contribution >= 4 is 23.2 Å². The normalized spacial score (nSPS) is 11.6. The van der Waals surface area contributed by atoms with E-state index in [0.29, 0.717) is 65.3 Å². The number of hydrogen-bond donors (Lipinski definition) is 2. The topological polar surface area (TPSA) is 114 Å². The van der Waals surface area contributed by atoms with Crippen molar-refractivity contribution in [2.24, 2.45) is 4.99 Å². The van der Waals surface area contributed by atoms with Gasteiger partial charge in [0.15, 0.2) is 11.5 Å². The number of aliphatic imine (C=N–C) groups is 1. The van der Waals surface area contributed by atoms with Crippen molar-refractivity contribution < 1.29 is 28.5 Å². The van der Waals surface area contributed by atoms with Gasteiger partial charge in [-0.3, -0.25) is 5.32 Å². The Morgan fingerprint density at radius 3 is 2.38 bits per heavy atom. The molecule has 0 radical (unpaired) electrons. The second-order valence-corrected chi connectivity index (χ2v) is 8.25. The molecule has 0 aliphatic rings. The van der Waals surface area contributed by atoms with Gasteiger partial charge in [-0.2, -0.15) is 0 Å². The number of nitrogen functional groups attached to an aromatic ring is 1. The number of hydrogen-bond acceptors (Lipinski definition) is 8. The summed E-state index contributed by atoms with van der Waals surface area (Å²) in [4.78, 5) is 16.6. The summed E-state index contributed by atoms with van der Waals surface area (Å²) < 4.78 is 27.7. The Morgan fingerprint density at radius 1 is 1.03 bits per heavy atom. The fraction of sp³-hybridized carbons (Fsp3) is 0.267. The van der Waals surface area contributed by atoms with Crippen LogP contribution in [0.2, 0.25) is 0 Å². The number of ether oxygens (including phenoxy) is 5. The molecule has 0 bridgehead atoms. The lowest BCUT2D eigenvalue weighted by Gasteiger charge is -2.17. The van der Waals surface area contributed by atoms with Gasteiger partial charge < -0.3 is 29.4 Å². The molecule has 3 N–H and O–H groups in total. The van der Waals surface area contributed by atoms with Gasteiger partial charge in [0, 0.05) is 41.0 Å². The molecule has 0 aliphatic carbocycles. The number of rotatable bonds is 12. The Hall–Kier alpha value is -4.84. The summed E-state index contributed by atoms with van der Waals surface area (Å²) in [5, 5.41) is 2.73. The summed E-state index contributed by atoms with van der Waals surface area (Å²) in [6, 6.07) is 20.1. The molecule has 0 aromatic heterocycles. The number of para-hydroxylation sites is 1. The zero-order chi connectivity index (χ0) is 28.2. The van der Waals surface area contributed by atoms with E-state index in [1.807, 2.05) is 31.2 Å². The van der Waals surface area contributed by atoms with Crippen LogP contribution >= 0.6 is 0 Å².